The maximum Gasteiger partial charge on any atom is 0.223 e. The predicted octanol–water partition coefficient (Wildman–Crippen LogP) is 4.37. The largest absolute Gasteiger partial charge is 0.326 e. The predicted molar refractivity (Wildman–Crippen MR) is 84.5 cm³/mol. The van der Waals surface area contributed by atoms with Crippen molar-refractivity contribution in [2.75, 3.05) is 12.3 Å². The van der Waals surface area contributed by atoms with Gasteiger partial charge >= 0.3 is 0 Å². The van der Waals surface area contributed by atoms with Crippen molar-refractivity contribution in [3.8, 4) is 0 Å². The normalized spacial score (nSPS) is 22.9. The SMILES string of the molecule is O=C(CCC1CCCC1)N1CCS[C@H]1c1ccc(F)cc1. The van der Waals surface area contributed by atoms with Crippen LogP contribution in [-0.4, -0.2) is 23.1 Å². The number of thioether (sulfide) groups is 1. The second-order valence-corrected chi connectivity index (χ2v) is 7.24. The van der Waals surface area contributed by atoms with Crippen LogP contribution in [0.4, 0.5) is 4.39 Å². The molecule has 1 aromatic rings. The van der Waals surface area contributed by atoms with Gasteiger partial charge in [0.2, 0.25) is 5.91 Å². The van der Waals surface area contributed by atoms with Gasteiger partial charge in [-0.25, -0.2) is 4.39 Å². The summed E-state index contributed by atoms with van der Waals surface area (Å²) < 4.78 is 13.0. The molecule has 21 heavy (non-hydrogen) atoms. The summed E-state index contributed by atoms with van der Waals surface area (Å²) in [5.74, 6) is 1.77. The second kappa shape index (κ2) is 6.82. The molecule has 1 aliphatic carbocycles. The minimum absolute atomic E-state index is 0.0710. The van der Waals surface area contributed by atoms with Gasteiger partial charge in [0.05, 0.1) is 0 Å². The molecule has 1 atom stereocenters. The summed E-state index contributed by atoms with van der Waals surface area (Å²) in [6, 6.07) is 6.57. The molecule has 2 aliphatic rings. The Kier molecular flexibility index (Phi) is 4.84. The van der Waals surface area contributed by atoms with Gasteiger partial charge in [-0.3, -0.25) is 4.79 Å². The number of halogens is 1. The molecule has 0 aromatic heterocycles. The minimum Gasteiger partial charge on any atom is -0.326 e. The van der Waals surface area contributed by atoms with Crippen molar-refractivity contribution < 1.29 is 9.18 Å². The van der Waals surface area contributed by atoms with Crippen LogP contribution in [0.2, 0.25) is 0 Å². The topological polar surface area (TPSA) is 20.3 Å². The number of hydrogen-bond acceptors (Lipinski definition) is 2. The Labute approximate surface area is 130 Å². The first-order valence-electron chi connectivity index (χ1n) is 7.90. The van der Waals surface area contributed by atoms with E-state index in [0.717, 1.165) is 30.2 Å². The highest BCUT2D eigenvalue weighted by Gasteiger charge is 2.30. The number of carbonyl (C=O) groups excluding carboxylic acids is 1. The van der Waals surface area contributed by atoms with E-state index in [2.05, 4.69) is 0 Å². The van der Waals surface area contributed by atoms with Crippen LogP contribution in [0.3, 0.4) is 0 Å². The molecule has 0 unspecified atom stereocenters. The van der Waals surface area contributed by atoms with E-state index in [1.807, 2.05) is 4.90 Å². The van der Waals surface area contributed by atoms with E-state index in [1.54, 1.807) is 23.9 Å². The molecule has 114 valence electrons. The molecule has 1 saturated carbocycles. The smallest absolute Gasteiger partial charge is 0.223 e. The molecule has 0 radical (unpaired) electrons. The Morgan fingerprint density at radius 2 is 1.95 bits per heavy atom. The molecule has 1 amide bonds. The van der Waals surface area contributed by atoms with Gasteiger partial charge < -0.3 is 4.90 Å². The highest BCUT2D eigenvalue weighted by molar-refractivity contribution is 7.99. The van der Waals surface area contributed by atoms with E-state index in [0.29, 0.717) is 6.42 Å². The molecular formula is C17H22FNOS. The Bertz CT molecular complexity index is 484. The maximum atomic E-state index is 13.0. The van der Waals surface area contributed by atoms with Crippen LogP contribution < -0.4 is 0 Å². The molecule has 0 bridgehead atoms. The maximum absolute atomic E-state index is 13.0. The quantitative estimate of drug-likeness (QED) is 0.823. The average Bonchev–Trinajstić information content (AvgIpc) is 3.17. The lowest BCUT2D eigenvalue weighted by atomic mass is 10.0. The Morgan fingerprint density at radius 3 is 2.67 bits per heavy atom. The molecule has 2 nitrogen and oxygen atoms in total. The first-order valence-corrected chi connectivity index (χ1v) is 8.95. The second-order valence-electron chi connectivity index (χ2n) is 6.05. The zero-order valence-corrected chi connectivity index (χ0v) is 13.1. The van der Waals surface area contributed by atoms with Crippen LogP contribution in [0.15, 0.2) is 24.3 Å². The number of nitrogens with zero attached hydrogens (tertiary/aromatic N) is 1. The van der Waals surface area contributed by atoms with E-state index in [-0.39, 0.29) is 17.1 Å². The van der Waals surface area contributed by atoms with E-state index < -0.39 is 0 Å². The molecule has 2 fully saturated rings. The van der Waals surface area contributed by atoms with Crippen LogP contribution >= 0.6 is 11.8 Å². The van der Waals surface area contributed by atoms with Crippen LogP contribution in [0, 0.1) is 11.7 Å². The number of hydrogen-bond donors (Lipinski definition) is 0. The van der Waals surface area contributed by atoms with Gasteiger partial charge in [0.15, 0.2) is 0 Å². The third-order valence-electron chi connectivity index (χ3n) is 4.61. The number of benzene rings is 1. The van der Waals surface area contributed by atoms with Crippen LogP contribution in [-0.2, 0) is 4.79 Å². The molecule has 4 heteroatoms. The summed E-state index contributed by atoms with van der Waals surface area (Å²) in [7, 11) is 0. The average molecular weight is 307 g/mol. The summed E-state index contributed by atoms with van der Waals surface area (Å²) in [5.41, 5.74) is 1.04. The highest BCUT2D eigenvalue weighted by Crippen LogP contribution is 2.38. The van der Waals surface area contributed by atoms with Gasteiger partial charge in [-0.1, -0.05) is 37.8 Å². The molecule has 1 aromatic carbocycles. The van der Waals surface area contributed by atoms with Crippen molar-refractivity contribution in [2.45, 2.75) is 43.9 Å². The molecule has 0 spiro atoms. The van der Waals surface area contributed by atoms with Gasteiger partial charge in [0.1, 0.15) is 11.2 Å². The first-order chi connectivity index (χ1) is 10.2. The van der Waals surface area contributed by atoms with Crippen molar-refractivity contribution in [2.24, 2.45) is 5.92 Å². The zero-order chi connectivity index (χ0) is 14.7. The van der Waals surface area contributed by atoms with Gasteiger partial charge in [-0.05, 0) is 30.0 Å². The third-order valence-corrected chi connectivity index (χ3v) is 5.87. The lowest BCUT2D eigenvalue weighted by Gasteiger charge is -2.24. The summed E-state index contributed by atoms with van der Waals surface area (Å²) in [6.07, 6.45) is 6.96. The molecular weight excluding hydrogens is 285 g/mol. The molecule has 1 heterocycles. The van der Waals surface area contributed by atoms with Crippen LogP contribution in [0.1, 0.15) is 49.5 Å². The number of rotatable bonds is 4. The first kappa shape index (κ1) is 14.9. The van der Waals surface area contributed by atoms with Crippen molar-refractivity contribution in [1.29, 1.82) is 0 Å². The zero-order valence-electron chi connectivity index (χ0n) is 12.3. The van der Waals surface area contributed by atoms with Gasteiger partial charge in [0, 0.05) is 18.7 Å². The van der Waals surface area contributed by atoms with E-state index in [4.69, 9.17) is 0 Å². The van der Waals surface area contributed by atoms with E-state index in [1.165, 1.54) is 37.8 Å². The fourth-order valence-corrected chi connectivity index (χ4v) is 4.68. The number of carbonyl (C=O) groups is 1. The van der Waals surface area contributed by atoms with E-state index in [9.17, 15) is 9.18 Å². The van der Waals surface area contributed by atoms with Gasteiger partial charge in [0.25, 0.3) is 0 Å². The van der Waals surface area contributed by atoms with Gasteiger partial charge in [-0.2, -0.15) is 0 Å². The highest BCUT2D eigenvalue weighted by atomic mass is 32.2. The molecule has 1 aliphatic heterocycles. The molecule has 1 saturated heterocycles. The van der Waals surface area contributed by atoms with Crippen molar-refractivity contribution in [3.63, 3.8) is 0 Å². The third kappa shape index (κ3) is 3.60. The Morgan fingerprint density at radius 1 is 1.24 bits per heavy atom. The summed E-state index contributed by atoms with van der Waals surface area (Å²) in [6.45, 7) is 0.816. The lowest BCUT2D eigenvalue weighted by Crippen LogP contribution is -2.30. The standard InChI is InChI=1S/C17H22FNOS/c18-15-8-6-14(7-9-15)17-19(11-12-21-17)16(20)10-5-13-3-1-2-4-13/h6-9,13,17H,1-5,10-12H2/t17-/m0/s1. The molecule has 3 rings (SSSR count). The minimum atomic E-state index is -0.221. The Balaban J connectivity index is 1.60. The van der Waals surface area contributed by atoms with Gasteiger partial charge in [-0.15, -0.1) is 11.8 Å². The van der Waals surface area contributed by atoms with Crippen LogP contribution in [0.5, 0.6) is 0 Å². The van der Waals surface area contributed by atoms with Crippen molar-refractivity contribution >= 4 is 17.7 Å². The monoisotopic (exact) mass is 307 g/mol. The summed E-state index contributed by atoms with van der Waals surface area (Å²) in [5, 5.41) is 0.0710. The fourth-order valence-electron chi connectivity index (χ4n) is 3.40. The van der Waals surface area contributed by atoms with Crippen LogP contribution in [0.25, 0.3) is 0 Å². The summed E-state index contributed by atoms with van der Waals surface area (Å²) in [4.78, 5) is 14.5. The fraction of sp³-hybridized carbons (Fsp3) is 0.588. The lowest BCUT2D eigenvalue weighted by molar-refractivity contribution is -0.131. The molecule has 0 N–H and O–H groups in total. The Hall–Kier alpha value is -1.03. The van der Waals surface area contributed by atoms with Crippen molar-refractivity contribution in [3.05, 3.63) is 35.6 Å². The summed E-state index contributed by atoms with van der Waals surface area (Å²) >= 11 is 1.78. The van der Waals surface area contributed by atoms with E-state index >= 15 is 0 Å². The van der Waals surface area contributed by atoms with Crippen molar-refractivity contribution in [1.82, 2.24) is 4.90 Å². The number of amides is 1.